The van der Waals surface area contributed by atoms with E-state index in [4.69, 9.17) is 11.6 Å². The Balaban J connectivity index is 1.72. The number of aliphatic hydroxyl groups is 1. The number of rotatable bonds is 5. The number of carbonyl (C=O) groups excluding carboxylic acids is 1. The fraction of sp³-hybridized carbons (Fsp3) is 0.200. The summed E-state index contributed by atoms with van der Waals surface area (Å²) in [4.78, 5) is 12.4. The van der Waals surface area contributed by atoms with Crippen LogP contribution in [0.25, 0.3) is 11.3 Å². The van der Waals surface area contributed by atoms with Gasteiger partial charge in [0.15, 0.2) is 5.69 Å². The van der Waals surface area contributed by atoms with Crippen LogP contribution in [-0.2, 0) is 12.6 Å². The molecule has 0 aliphatic heterocycles. The highest BCUT2D eigenvalue weighted by Crippen LogP contribution is 2.23. The van der Waals surface area contributed by atoms with Crippen molar-refractivity contribution in [3.8, 4) is 11.3 Å². The molecule has 0 aliphatic carbocycles. The highest BCUT2D eigenvalue weighted by Gasteiger charge is 2.25. The van der Waals surface area contributed by atoms with Gasteiger partial charge in [-0.3, -0.25) is 9.48 Å². The summed E-state index contributed by atoms with van der Waals surface area (Å²) in [5.74, 6) is -0.739. The van der Waals surface area contributed by atoms with E-state index in [1.165, 1.54) is 12.1 Å². The van der Waals surface area contributed by atoms with Crippen LogP contribution in [0.15, 0.2) is 54.6 Å². The van der Waals surface area contributed by atoms with Crippen LogP contribution < -0.4 is 5.32 Å². The van der Waals surface area contributed by atoms with Gasteiger partial charge >= 0.3 is 0 Å². The second-order valence-electron chi connectivity index (χ2n) is 6.51. The summed E-state index contributed by atoms with van der Waals surface area (Å²) in [6.07, 6.45) is 0. The topological polar surface area (TPSA) is 67.2 Å². The van der Waals surface area contributed by atoms with Crippen LogP contribution in [0.2, 0.25) is 5.02 Å². The summed E-state index contributed by atoms with van der Waals surface area (Å²) in [6.45, 7) is 1.62. The van der Waals surface area contributed by atoms with Gasteiger partial charge in [0, 0.05) is 12.1 Å². The predicted octanol–water partition coefficient (Wildman–Crippen LogP) is 3.52. The molecule has 0 radical (unpaired) electrons. The maximum atomic E-state index is 13.1. The Kier molecular flexibility index (Phi) is 5.30. The Morgan fingerprint density at radius 2 is 1.85 bits per heavy atom. The van der Waals surface area contributed by atoms with Crippen LogP contribution in [0, 0.1) is 5.82 Å². The van der Waals surface area contributed by atoms with E-state index in [0.29, 0.717) is 16.3 Å². The third-order valence-corrected chi connectivity index (χ3v) is 4.56. The molecule has 0 bridgehead atoms. The molecule has 140 valence electrons. The van der Waals surface area contributed by atoms with Crippen molar-refractivity contribution in [3.05, 3.63) is 76.7 Å². The Morgan fingerprint density at radius 3 is 2.48 bits per heavy atom. The molecule has 0 aliphatic rings. The third-order valence-electron chi connectivity index (χ3n) is 4.31. The minimum atomic E-state index is -1.26. The lowest BCUT2D eigenvalue weighted by Crippen LogP contribution is -2.38. The second kappa shape index (κ2) is 7.50. The molecule has 7 heteroatoms. The van der Waals surface area contributed by atoms with Gasteiger partial charge in [-0.2, -0.15) is 5.10 Å². The number of benzene rings is 2. The van der Waals surface area contributed by atoms with E-state index < -0.39 is 11.5 Å². The van der Waals surface area contributed by atoms with Gasteiger partial charge in [0.05, 0.1) is 12.2 Å². The molecule has 1 atom stereocenters. The van der Waals surface area contributed by atoms with Gasteiger partial charge in [0.1, 0.15) is 11.4 Å². The average Bonchev–Trinajstić information content (AvgIpc) is 3.03. The van der Waals surface area contributed by atoms with Crippen molar-refractivity contribution in [1.29, 1.82) is 0 Å². The first-order chi connectivity index (χ1) is 12.8. The lowest BCUT2D eigenvalue weighted by Gasteiger charge is -2.24. The standard InChI is InChI=1S/C20H19ClFN3O2/c1-20(27,14-5-7-15(21)8-6-14)12-23-19(26)17-11-18(25(2)24-17)13-3-9-16(22)10-4-13/h3-11,27H,12H2,1-2H3,(H,23,26). The van der Waals surface area contributed by atoms with E-state index in [-0.39, 0.29) is 18.1 Å². The van der Waals surface area contributed by atoms with Crippen molar-refractivity contribution >= 4 is 17.5 Å². The molecule has 1 aromatic heterocycles. The molecule has 0 spiro atoms. The fourth-order valence-corrected chi connectivity index (χ4v) is 2.85. The number of nitrogens with zero attached hydrogens (tertiary/aromatic N) is 2. The van der Waals surface area contributed by atoms with Gasteiger partial charge in [0.2, 0.25) is 0 Å². The molecule has 0 fully saturated rings. The molecule has 0 saturated carbocycles. The molecule has 2 aromatic carbocycles. The number of carbonyl (C=O) groups is 1. The van der Waals surface area contributed by atoms with Crippen LogP contribution in [0.3, 0.4) is 0 Å². The molecule has 5 nitrogen and oxygen atoms in total. The number of aromatic nitrogens is 2. The first kappa shape index (κ1) is 19.1. The van der Waals surface area contributed by atoms with Gasteiger partial charge in [-0.25, -0.2) is 4.39 Å². The maximum absolute atomic E-state index is 13.1. The average molecular weight is 388 g/mol. The highest BCUT2D eigenvalue weighted by molar-refractivity contribution is 6.30. The van der Waals surface area contributed by atoms with Crippen LogP contribution in [0.5, 0.6) is 0 Å². The summed E-state index contributed by atoms with van der Waals surface area (Å²) in [6, 6.07) is 14.4. The molecule has 3 rings (SSSR count). The van der Waals surface area contributed by atoms with E-state index in [1.54, 1.807) is 61.1 Å². The SMILES string of the molecule is Cn1nc(C(=O)NCC(C)(O)c2ccc(Cl)cc2)cc1-c1ccc(F)cc1. The zero-order valence-corrected chi connectivity index (χ0v) is 15.7. The predicted molar refractivity (Wildman–Crippen MR) is 102 cm³/mol. The summed E-state index contributed by atoms with van der Waals surface area (Å²) in [5, 5.41) is 18.1. The van der Waals surface area contributed by atoms with E-state index in [2.05, 4.69) is 10.4 Å². The fourth-order valence-electron chi connectivity index (χ4n) is 2.72. The first-order valence-corrected chi connectivity index (χ1v) is 8.71. The lowest BCUT2D eigenvalue weighted by molar-refractivity contribution is 0.0525. The van der Waals surface area contributed by atoms with Crippen molar-refractivity contribution in [3.63, 3.8) is 0 Å². The first-order valence-electron chi connectivity index (χ1n) is 8.33. The van der Waals surface area contributed by atoms with Crippen molar-refractivity contribution in [2.24, 2.45) is 7.05 Å². The number of aryl methyl sites for hydroxylation is 1. The molecule has 27 heavy (non-hydrogen) atoms. The van der Waals surface area contributed by atoms with Crippen molar-refractivity contribution < 1.29 is 14.3 Å². The number of hydrogen-bond donors (Lipinski definition) is 2. The van der Waals surface area contributed by atoms with Gasteiger partial charge in [-0.1, -0.05) is 23.7 Å². The zero-order chi connectivity index (χ0) is 19.6. The molecule has 1 unspecified atom stereocenters. The van der Waals surface area contributed by atoms with Crippen LogP contribution in [-0.4, -0.2) is 27.3 Å². The largest absolute Gasteiger partial charge is 0.384 e. The molecule has 1 heterocycles. The van der Waals surface area contributed by atoms with E-state index in [9.17, 15) is 14.3 Å². The summed E-state index contributed by atoms with van der Waals surface area (Å²) < 4.78 is 14.6. The minimum absolute atomic E-state index is 0.00984. The van der Waals surface area contributed by atoms with Gasteiger partial charge in [-0.15, -0.1) is 0 Å². The van der Waals surface area contributed by atoms with Crippen LogP contribution in [0.4, 0.5) is 4.39 Å². The van der Waals surface area contributed by atoms with Gasteiger partial charge in [-0.05, 0) is 60.5 Å². The quantitative estimate of drug-likeness (QED) is 0.704. The van der Waals surface area contributed by atoms with E-state index in [0.717, 1.165) is 5.56 Å². The number of halogens is 2. The molecule has 3 aromatic rings. The molecule has 0 saturated heterocycles. The Morgan fingerprint density at radius 1 is 1.22 bits per heavy atom. The monoisotopic (exact) mass is 387 g/mol. The van der Waals surface area contributed by atoms with Crippen molar-refractivity contribution in [2.75, 3.05) is 6.54 Å². The highest BCUT2D eigenvalue weighted by atomic mass is 35.5. The Hall–Kier alpha value is -2.70. The van der Waals surface area contributed by atoms with Crippen LogP contribution in [0.1, 0.15) is 23.0 Å². The van der Waals surface area contributed by atoms with E-state index in [1.807, 2.05) is 0 Å². The van der Waals surface area contributed by atoms with Crippen molar-refractivity contribution in [1.82, 2.24) is 15.1 Å². The number of nitrogens with one attached hydrogen (secondary N) is 1. The number of hydrogen-bond acceptors (Lipinski definition) is 3. The molecular weight excluding hydrogens is 369 g/mol. The van der Waals surface area contributed by atoms with Gasteiger partial charge in [0.25, 0.3) is 5.91 Å². The van der Waals surface area contributed by atoms with Gasteiger partial charge < -0.3 is 10.4 Å². The molecule has 1 amide bonds. The third kappa shape index (κ3) is 4.35. The summed E-state index contributed by atoms with van der Waals surface area (Å²) in [5.41, 5.74) is 1.03. The smallest absolute Gasteiger partial charge is 0.271 e. The minimum Gasteiger partial charge on any atom is -0.384 e. The van der Waals surface area contributed by atoms with Crippen molar-refractivity contribution in [2.45, 2.75) is 12.5 Å². The second-order valence-corrected chi connectivity index (χ2v) is 6.95. The summed E-state index contributed by atoms with van der Waals surface area (Å²) >= 11 is 5.86. The Labute approximate surface area is 161 Å². The summed E-state index contributed by atoms with van der Waals surface area (Å²) in [7, 11) is 1.71. The maximum Gasteiger partial charge on any atom is 0.271 e. The number of amides is 1. The Bertz CT molecular complexity index is 950. The zero-order valence-electron chi connectivity index (χ0n) is 14.9. The van der Waals surface area contributed by atoms with Crippen LogP contribution >= 0.6 is 11.6 Å². The molecular formula is C20H19ClFN3O2. The van der Waals surface area contributed by atoms with E-state index >= 15 is 0 Å². The normalized spacial score (nSPS) is 13.2. The molecule has 2 N–H and O–H groups in total. The lowest BCUT2D eigenvalue weighted by atomic mass is 9.96.